The molecule has 1 aromatic rings. The first-order chi connectivity index (χ1) is 8.20. The van der Waals surface area contributed by atoms with Gasteiger partial charge in [0, 0.05) is 5.69 Å². The summed E-state index contributed by atoms with van der Waals surface area (Å²) < 4.78 is 5.33. The molecule has 3 heteroatoms. The molecule has 100 valence electrons. The highest BCUT2D eigenvalue weighted by Gasteiger charge is 2.20. The molecule has 0 unspecified atom stereocenters. The van der Waals surface area contributed by atoms with E-state index in [1.807, 2.05) is 52.8 Å². The first-order valence-electron chi connectivity index (χ1n) is 6.27. The van der Waals surface area contributed by atoms with Gasteiger partial charge in [0.1, 0.15) is 5.60 Å². The Morgan fingerprint density at radius 3 is 2.56 bits per heavy atom. The van der Waals surface area contributed by atoms with E-state index in [1.54, 1.807) is 0 Å². The van der Waals surface area contributed by atoms with E-state index >= 15 is 0 Å². The third kappa shape index (κ3) is 4.06. The Morgan fingerprint density at radius 1 is 1.39 bits per heavy atom. The van der Waals surface area contributed by atoms with Gasteiger partial charge in [0.25, 0.3) is 0 Å². The summed E-state index contributed by atoms with van der Waals surface area (Å²) in [4.78, 5) is 11.8. The van der Waals surface area contributed by atoms with Crippen LogP contribution in [0.3, 0.4) is 0 Å². The molecule has 0 fully saturated rings. The second kappa shape index (κ2) is 5.42. The summed E-state index contributed by atoms with van der Waals surface area (Å²) in [6.45, 7) is 9.63. The van der Waals surface area contributed by atoms with Crippen molar-refractivity contribution in [2.75, 3.05) is 5.73 Å². The summed E-state index contributed by atoms with van der Waals surface area (Å²) >= 11 is 0. The van der Waals surface area contributed by atoms with Crippen molar-refractivity contribution in [3.05, 3.63) is 29.3 Å². The minimum absolute atomic E-state index is 0.114. The number of hydrogen-bond donors (Lipinski definition) is 1. The van der Waals surface area contributed by atoms with E-state index in [-0.39, 0.29) is 11.9 Å². The molecular formula is C15H23NO2. The van der Waals surface area contributed by atoms with Gasteiger partial charge in [-0.25, -0.2) is 0 Å². The molecule has 0 aliphatic rings. The molecule has 0 amide bonds. The van der Waals surface area contributed by atoms with Gasteiger partial charge in [-0.05, 0) is 50.8 Å². The Morgan fingerprint density at radius 2 is 2.00 bits per heavy atom. The number of benzene rings is 1. The maximum atomic E-state index is 11.8. The monoisotopic (exact) mass is 249 g/mol. The molecular weight excluding hydrogens is 226 g/mol. The number of esters is 1. The lowest BCUT2D eigenvalue weighted by Gasteiger charge is -2.21. The van der Waals surface area contributed by atoms with Gasteiger partial charge >= 0.3 is 5.97 Å². The zero-order valence-corrected chi connectivity index (χ0v) is 11.9. The Bertz CT molecular complexity index is 433. The van der Waals surface area contributed by atoms with Crippen LogP contribution >= 0.6 is 0 Å². The smallest absolute Gasteiger partial charge is 0.306 e. The van der Waals surface area contributed by atoms with Gasteiger partial charge in [-0.3, -0.25) is 4.79 Å². The lowest BCUT2D eigenvalue weighted by Crippen LogP contribution is -2.24. The summed E-state index contributed by atoms with van der Waals surface area (Å²) in [5.74, 6) is -0.0554. The molecule has 0 bridgehead atoms. The SMILES string of the molecule is Cc1c(N)cccc1[C@H](C)CC(=O)OC(C)(C)C. The Labute approximate surface area is 109 Å². The summed E-state index contributed by atoms with van der Waals surface area (Å²) in [5, 5.41) is 0. The molecule has 1 rings (SSSR count). The molecule has 0 heterocycles. The van der Waals surface area contributed by atoms with Crippen LogP contribution in [-0.2, 0) is 9.53 Å². The standard InChI is InChI=1S/C15H23NO2/c1-10(9-14(17)18-15(3,4)5)12-7-6-8-13(16)11(12)2/h6-8,10H,9,16H2,1-5H3/t10-/m1/s1. The molecule has 3 nitrogen and oxygen atoms in total. The van der Waals surface area contributed by atoms with E-state index in [4.69, 9.17) is 10.5 Å². The van der Waals surface area contributed by atoms with Gasteiger partial charge in [0.15, 0.2) is 0 Å². The fraction of sp³-hybridized carbons (Fsp3) is 0.533. The lowest BCUT2D eigenvalue weighted by molar-refractivity contribution is -0.155. The minimum atomic E-state index is -0.429. The van der Waals surface area contributed by atoms with Gasteiger partial charge < -0.3 is 10.5 Å². The van der Waals surface area contributed by atoms with Crippen molar-refractivity contribution < 1.29 is 9.53 Å². The maximum absolute atomic E-state index is 11.8. The quantitative estimate of drug-likeness (QED) is 0.659. The third-order valence-corrected chi connectivity index (χ3v) is 2.84. The molecule has 0 aliphatic heterocycles. The van der Waals surface area contributed by atoms with Crippen LogP contribution in [0.2, 0.25) is 0 Å². The topological polar surface area (TPSA) is 52.3 Å². The molecule has 0 aliphatic carbocycles. The lowest BCUT2D eigenvalue weighted by atomic mass is 9.93. The number of ether oxygens (including phenoxy) is 1. The fourth-order valence-corrected chi connectivity index (χ4v) is 1.95. The molecule has 0 spiro atoms. The highest BCUT2D eigenvalue weighted by atomic mass is 16.6. The van der Waals surface area contributed by atoms with Crippen molar-refractivity contribution in [1.29, 1.82) is 0 Å². The Balaban J connectivity index is 2.74. The van der Waals surface area contributed by atoms with Crippen LogP contribution in [-0.4, -0.2) is 11.6 Å². The van der Waals surface area contributed by atoms with Gasteiger partial charge in [0.2, 0.25) is 0 Å². The molecule has 0 radical (unpaired) electrons. The number of nitrogen functional groups attached to an aromatic ring is 1. The molecule has 0 aromatic heterocycles. The van der Waals surface area contributed by atoms with Gasteiger partial charge in [0.05, 0.1) is 6.42 Å². The molecule has 1 atom stereocenters. The number of nitrogens with two attached hydrogens (primary N) is 1. The predicted molar refractivity (Wildman–Crippen MR) is 74.5 cm³/mol. The Kier molecular flexibility index (Phi) is 4.38. The summed E-state index contributed by atoms with van der Waals surface area (Å²) in [6.07, 6.45) is 0.377. The van der Waals surface area contributed by atoms with E-state index in [2.05, 4.69) is 0 Å². The second-order valence-corrected chi connectivity index (χ2v) is 5.75. The highest BCUT2D eigenvalue weighted by Crippen LogP contribution is 2.27. The molecule has 18 heavy (non-hydrogen) atoms. The predicted octanol–water partition coefficient (Wildman–Crippen LogP) is 3.41. The average Bonchev–Trinajstić information content (AvgIpc) is 2.18. The van der Waals surface area contributed by atoms with Crippen molar-refractivity contribution >= 4 is 11.7 Å². The van der Waals surface area contributed by atoms with E-state index in [9.17, 15) is 4.79 Å². The highest BCUT2D eigenvalue weighted by molar-refractivity contribution is 5.71. The molecule has 0 saturated carbocycles. The largest absolute Gasteiger partial charge is 0.460 e. The first kappa shape index (κ1) is 14.6. The normalized spacial score (nSPS) is 13.2. The van der Waals surface area contributed by atoms with E-state index < -0.39 is 5.60 Å². The van der Waals surface area contributed by atoms with Crippen molar-refractivity contribution in [3.63, 3.8) is 0 Å². The Hall–Kier alpha value is -1.51. The number of anilines is 1. The van der Waals surface area contributed by atoms with Crippen LogP contribution in [0.4, 0.5) is 5.69 Å². The average molecular weight is 249 g/mol. The third-order valence-electron chi connectivity index (χ3n) is 2.84. The van der Waals surface area contributed by atoms with Crippen molar-refractivity contribution in [1.82, 2.24) is 0 Å². The van der Waals surface area contributed by atoms with E-state index in [0.29, 0.717) is 6.42 Å². The van der Waals surface area contributed by atoms with Crippen molar-refractivity contribution in [2.24, 2.45) is 0 Å². The second-order valence-electron chi connectivity index (χ2n) is 5.75. The maximum Gasteiger partial charge on any atom is 0.306 e. The van der Waals surface area contributed by atoms with Crippen molar-refractivity contribution in [3.8, 4) is 0 Å². The summed E-state index contributed by atoms with van der Waals surface area (Å²) in [6, 6.07) is 5.81. The van der Waals surface area contributed by atoms with Crippen LogP contribution in [0.15, 0.2) is 18.2 Å². The van der Waals surface area contributed by atoms with Gasteiger partial charge in [-0.1, -0.05) is 19.1 Å². The first-order valence-corrected chi connectivity index (χ1v) is 6.27. The number of hydrogen-bond acceptors (Lipinski definition) is 3. The van der Waals surface area contributed by atoms with Crippen LogP contribution in [0, 0.1) is 6.92 Å². The molecule has 0 saturated heterocycles. The fourth-order valence-electron chi connectivity index (χ4n) is 1.95. The summed E-state index contributed by atoms with van der Waals surface area (Å²) in [5.41, 5.74) is 8.37. The zero-order chi connectivity index (χ0) is 13.9. The van der Waals surface area contributed by atoms with Crippen molar-refractivity contribution in [2.45, 2.75) is 52.6 Å². The van der Waals surface area contributed by atoms with Crippen LogP contribution in [0.1, 0.15) is 51.2 Å². The number of carbonyl (C=O) groups is 1. The van der Waals surface area contributed by atoms with Crippen LogP contribution in [0.5, 0.6) is 0 Å². The minimum Gasteiger partial charge on any atom is -0.460 e. The van der Waals surface area contributed by atoms with Gasteiger partial charge in [-0.15, -0.1) is 0 Å². The summed E-state index contributed by atoms with van der Waals surface area (Å²) in [7, 11) is 0. The molecule has 2 N–H and O–H groups in total. The van der Waals surface area contributed by atoms with Crippen LogP contribution in [0.25, 0.3) is 0 Å². The van der Waals surface area contributed by atoms with Crippen LogP contribution < -0.4 is 5.73 Å². The van der Waals surface area contributed by atoms with E-state index in [1.165, 1.54) is 0 Å². The molecule has 1 aromatic carbocycles. The zero-order valence-electron chi connectivity index (χ0n) is 11.9. The van der Waals surface area contributed by atoms with E-state index in [0.717, 1.165) is 16.8 Å². The van der Waals surface area contributed by atoms with Gasteiger partial charge in [-0.2, -0.15) is 0 Å². The number of carbonyl (C=O) groups excluding carboxylic acids is 1. The number of rotatable bonds is 3.